The third kappa shape index (κ3) is 4.80. The quantitative estimate of drug-likeness (QED) is 0.897. The van der Waals surface area contributed by atoms with Crippen LogP contribution >= 0.6 is 12.4 Å². The summed E-state index contributed by atoms with van der Waals surface area (Å²) in [6, 6.07) is 10.9. The van der Waals surface area contributed by atoms with Crippen LogP contribution in [0.2, 0.25) is 0 Å². The number of amides is 1. The molecule has 2 rings (SSSR count). The highest BCUT2D eigenvalue weighted by atomic mass is 35.5. The van der Waals surface area contributed by atoms with Gasteiger partial charge in [-0.1, -0.05) is 37.3 Å². The van der Waals surface area contributed by atoms with E-state index in [9.17, 15) is 4.79 Å². The fourth-order valence-corrected chi connectivity index (χ4v) is 2.68. The molecule has 1 aliphatic rings. The van der Waals surface area contributed by atoms with Crippen molar-refractivity contribution in [3.05, 3.63) is 35.9 Å². The van der Waals surface area contributed by atoms with Crippen molar-refractivity contribution < 1.29 is 4.79 Å². The van der Waals surface area contributed by atoms with Gasteiger partial charge >= 0.3 is 0 Å². The lowest BCUT2D eigenvalue weighted by atomic mass is 9.96. The van der Waals surface area contributed by atoms with Gasteiger partial charge in [0, 0.05) is 18.5 Å². The Morgan fingerprint density at radius 2 is 2.10 bits per heavy atom. The summed E-state index contributed by atoms with van der Waals surface area (Å²) in [5.74, 6) is 0.435. The first-order chi connectivity index (χ1) is 9.16. The van der Waals surface area contributed by atoms with Crippen LogP contribution in [0.5, 0.6) is 0 Å². The normalized spacial score (nSPS) is 23.5. The van der Waals surface area contributed by atoms with E-state index in [4.69, 9.17) is 0 Å². The van der Waals surface area contributed by atoms with Crippen LogP contribution in [0.4, 0.5) is 0 Å². The van der Waals surface area contributed by atoms with Crippen LogP contribution in [0.3, 0.4) is 0 Å². The summed E-state index contributed by atoms with van der Waals surface area (Å²) in [6.07, 6.45) is 2.79. The molecule has 0 aliphatic carbocycles. The molecule has 0 bridgehead atoms. The third-order valence-electron chi connectivity index (χ3n) is 3.97. The zero-order valence-electron chi connectivity index (χ0n) is 12.3. The van der Waals surface area contributed by atoms with Gasteiger partial charge in [0.15, 0.2) is 0 Å². The Morgan fingerprint density at radius 1 is 1.40 bits per heavy atom. The summed E-state index contributed by atoms with van der Waals surface area (Å²) in [5, 5.41) is 6.58. The van der Waals surface area contributed by atoms with Gasteiger partial charge < -0.3 is 10.6 Å². The monoisotopic (exact) mass is 296 g/mol. The number of rotatable bonds is 4. The highest BCUT2D eigenvalue weighted by molar-refractivity contribution is 5.85. The van der Waals surface area contributed by atoms with Crippen molar-refractivity contribution in [1.29, 1.82) is 0 Å². The van der Waals surface area contributed by atoms with Crippen molar-refractivity contribution in [2.45, 2.75) is 51.1 Å². The van der Waals surface area contributed by atoms with E-state index in [1.165, 1.54) is 5.56 Å². The molecule has 3 unspecified atom stereocenters. The van der Waals surface area contributed by atoms with Crippen LogP contribution in [-0.4, -0.2) is 24.5 Å². The summed E-state index contributed by atoms with van der Waals surface area (Å²) in [7, 11) is 0. The van der Waals surface area contributed by atoms with Crippen molar-refractivity contribution in [1.82, 2.24) is 10.6 Å². The molecule has 0 spiro atoms. The maximum Gasteiger partial charge on any atom is 0.220 e. The lowest BCUT2D eigenvalue weighted by Crippen LogP contribution is -2.52. The van der Waals surface area contributed by atoms with Gasteiger partial charge in [0.1, 0.15) is 0 Å². The molecule has 1 aromatic carbocycles. The van der Waals surface area contributed by atoms with Gasteiger partial charge in [0.25, 0.3) is 0 Å². The summed E-state index contributed by atoms with van der Waals surface area (Å²) in [4.78, 5) is 12.1. The van der Waals surface area contributed by atoms with Gasteiger partial charge in [0.2, 0.25) is 5.91 Å². The summed E-state index contributed by atoms with van der Waals surface area (Å²) >= 11 is 0. The zero-order valence-corrected chi connectivity index (χ0v) is 13.1. The smallest absolute Gasteiger partial charge is 0.220 e. The molecule has 1 heterocycles. The lowest BCUT2D eigenvalue weighted by molar-refractivity contribution is -0.122. The molecule has 1 aromatic rings. The number of nitrogens with one attached hydrogen (secondary N) is 2. The molecule has 2 N–H and O–H groups in total. The number of halogens is 1. The number of benzene rings is 1. The van der Waals surface area contributed by atoms with Gasteiger partial charge in [0.05, 0.1) is 0 Å². The fraction of sp³-hybridized carbons (Fsp3) is 0.562. The Hall–Kier alpha value is -1.06. The Labute approximate surface area is 127 Å². The summed E-state index contributed by atoms with van der Waals surface area (Å²) in [6.45, 7) is 5.32. The first-order valence-electron chi connectivity index (χ1n) is 7.24. The van der Waals surface area contributed by atoms with E-state index < -0.39 is 0 Å². The molecular weight excluding hydrogens is 272 g/mol. The Kier molecular flexibility index (Phi) is 7.03. The molecule has 20 heavy (non-hydrogen) atoms. The second kappa shape index (κ2) is 8.28. The minimum absolute atomic E-state index is 0. The van der Waals surface area contributed by atoms with E-state index in [-0.39, 0.29) is 30.3 Å². The first kappa shape index (κ1) is 17.0. The molecule has 3 atom stereocenters. The third-order valence-corrected chi connectivity index (χ3v) is 3.97. The van der Waals surface area contributed by atoms with Crippen LogP contribution in [0, 0.1) is 0 Å². The highest BCUT2D eigenvalue weighted by Crippen LogP contribution is 2.18. The predicted octanol–water partition coefficient (Wildman–Crippen LogP) is 2.86. The highest BCUT2D eigenvalue weighted by Gasteiger charge is 2.23. The average Bonchev–Trinajstić information content (AvgIpc) is 2.42. The molecule has 3 nitrogen and oxygen atoms in total. The van der Waals surface area contributed by atoms with Crippen LogP contribution in [0.15, 0.2) is 30.3 Å². The number of piperidine rings is 1. The van der Waals surface area contributed by atoms with E-state index in [2.05, 4.69) is 36.6 Å². The molecule has 1 fully saturated rings. The Bertz CT molecular complexity index is 410. The average molecular weight is 297 g/mol. The maximum atomic E-state index is 12.1. The van der Waals surface area contributed by atoms with Gasteiger partial charge in [-0.3, -0.25) is 4.79 Å². The summed E-state index contributed by atoms with van der Waals surface area (Å²) < 4.78 is 0. The molecule has 1 aliphatic heterocycles. The van der Waals surface area contributed by atoms with E-state index >= 15 is 0 Å². The molecule has 1 saturated heterocycles. The van der Waals surface area contributed by atoms with Crippen LogP contribution in [-0.2, 0) is 4.79 Å². The maximum absolute atomic E-state index is 12.1. The lowest BCUT2D eigenvalue weighted by Gasteiger charge is -2.31. The number of hydrogen-bond donors (Lipinski definition) is 2. The Morgan fingerprint density at radius 3 is 2.75 bits per heavy atom. The van der Waals surface area contributed by atoms with Crippen LogP contribution in [0.25, 0.3) is 0 Å². The topological polar surface area (TPSA) is 41.1 Å². The molecule has 0 saturated carbocycles. The van der Waals surface area contributed by atoms with Crippen molar-refractivity contribution in [2.24, 2.45) is 0 Å². The van der Waals surface area contributed by atoms with Crippen LogP contribution in [0.1, 0.15) is 44.6 Å². The van der Waals surface area contributed by atoms with Gasteiger partial charge in [-0.2, -0.15) is 0 Å². The minimum atomic E-state index is 0. The van der Waals surface area contributed by atoms with Crippen LogP contribution < -0.4 is 10.6 Å². The zero-order chi connectivity index (χ0) is 13.7. The minimum Gasteiger partial charge on any atom is -0.352 e. The molecular formula is C16H25ClN2O. The van der Waals surface area contributed by atoms with Gasteiger partial charge in [-0.05, 0) is 37.8 Å². The fourth-order valence-electron chi connectivity index (χ4n) is 2.68. The number of carbonyl (C=O) groups is 1. The molecule has 4 heteroatoms. The Balaban J connectivity index is 0.00000200. The van der Waals surface area contributed by atoms with Gasteiger partial charge in [-0.15, -0.1) is 12.4 Å². The van der Waals surface area contributed by atoms with Crippen molar-refractivity contribution in [2.75, 3.05) is 6.54 Å². The van der Waals surface area contributed by atoms with E-state index in [1.54, 1.807) is 0 Å². The number of hydrogen-bond acceptors (Lipinski definition) is 2. The number of carbonyl (C=O) groups excluding carboxylic acids is 1. The molecule has 0 radical (unpaired) electrons. The first-order valence-corrected chi connectivity index (χ1v) is 7.24. The SMILES string of the molecule is CC(CC(=O)NC1CCCNC1C)c1ccccc1.Cl. The largest absolute Gasteiger partial charge is 0.352 e. The van der Waals surface area contributed by atoms with E-state index in [1.807, 2.05) is 18.2 Å². The standard InChI is InChI=1S/C16H24N2O.ClH/c1-12(14-7-4-3-5-8-14)11-16(19)18-15-9-6-10-17-13(15)2;/h3-5,7-8,12-13,15,17H,6,9-11H2,1-2H3,(H,18,19);1H. The van der Waals surface area contributed by atoms with Gasteiger partial charge in [-0.25, -0.2) is 0 Å². The second-order valence-electron chi connectivity index (χ2n) is 5.57. The predicted molar refractivity (Wildman–Crippen MR) is 85.4 cm³/mol. The van der Waals surface area contributed by atoms with Crippen molar-refractivity contribution in [3.63, 3.8) is 0 Å². The van der Waals surface area contributed by atoms with Crippen molar-refractivity contribution >= 4 is 18.3 Å². The summed E-state index contributed by atoms with van der Waals surface area (Å²) in [5.41, 5.74) is 1.23. The molecule has 0 aromatic heterocycles. The van der Waals surface area contributed by atoms with E-state index in [0.29, 0.717) is 12.5 Å². The van der Waals surface area contributed by atoms with Crippen molar-refractivity contribution in [3.8, 4) is 0 Å². The van der Waals surface area contributed by atoms with E-state index in [0.717, 1.165) is 19.4 Å². The molecule has 112 valence electrons. The molecule has 1 amide bonds. The second-order valence-corrected chi connectivity index (χ2v) is 5.57.